The Hall–Kier alpha value is -1.99. The van der Waals surface area contributed by atoms with Crippen LogP contribution in [0.4, 0.5) is 10.1 Å². The summed E-state index contributed by atoms with van der Waals surface area (Å²) in [5.41, 5.74) is 0.224. The molecule has 2 heterocycles. The fraction of sp³-hybridized carbons (Fsp3) is 0.600. The molecule has 1 aromatic rings. The van der Waals surface area contributed by atoms with Crippen LogP contribution in [0.15, 0.2) is 24.3 Å². The molecule has 7 heteroatoms. The number of amides is 2. The van der Waals surface area contributed by atoms with Gasteiger partial charge in [-0.05, 0) is 56.8 Å². The van der Waals surface area contributed by atoms with Crippen molar-refractivity contribution in [3.05, 3.63) is 30.1 Å². The largest absolute Gasteiger partial charge is 0.354 e. The summed E-state index contributed by atoms with van der Waals surface area (Å²) in [6, 6.07) is 6.16. The summed E-state index contributed by atoms with van der Waals surface area (Å²) in [6.07, 6.45) is 4.47. The highest BCUT2D eigenvalue weighted by molar-refractivity contribution is 5.90. The molecule has 1 aromatic carbocycles. The normalized spacial score (nSPS) is 23.1. The van der Waals surface area contributed by atoms with Crippen LogP contribution in [0.25, 0.3) is 0 Å². The van der Waals surface area contributed by atoms with Gasteiger partial charge in [-0.2, -0.15) is 0 Å². The zero-order chi connectivity index (χ0) is 19.1. The van der Waals surface area contributed by atoms with Crippen LogP contribution in [-0.4, -0.2) is 55.5 Å². The number of halogens is 1. The van der Waals surface area contributed by atoms with Gasteiger partial charge in [0.1, 0.15) is 5.82 Å². The fourth-order valence-corrected chi connectivity index (χ4v) is 3.83. The van der Waals surface area contributed by atoms with Crippen molar-refractivity contribution in [1.29, 1.82) is 0 Å². The van der Waals surface area contributed by atoms with Crippen molar-refractivity contribution in [2.24, 2.45) is 5.92 Å². The van der Waals surface area contributed by atoms with Crippen LogP contribution in [0.5, 0.6) is 0 Å². The molecule has 0 saturated carbocycles. The van der Waals surface area contributed by atoms with E-state index in [2.05, 4.69) is 20.9 Å². The molecule has 2 atom stereocenters. The number of rotatable bonds is 7. The Kier molecular flexibility index (Phi) is 7.18. The molecule has 2 aliphatic rings. The number of para-hydroxylation sites is 1. The molecule has 0 radical (unpaired) electrons. The lowest BCUT2D eigenvalue weighted by Crippen LogP contribution is -2.45. The highest BCUT2D eigenvalue weighted by atomic mass is 19.1. The molecule has 148 valence electrons. The first-order chi connectivity index (χ1) is 13.1. The summed E-state index contributed by atoms with van der Waals surface area (Å²) in [5, 5.41) is 8.91. The molecular formula is C20H29FN4O2. The van der Waals surface area contributed by atoms with Gasteiger partial charge in [0.25, 0.3) is 0 Å². The van der Waals surface area contributed by atoms with Crippen LogP contribution in [-0.2, 0) is 9.59 Å². The van der Waals surface area contributed by atoms with Gasteiger partial charge in [-0.25, -0.2) is 4.39 Å². The lowest BCUT2D eigenvalue weighted by Gasteiger charge is -2.32. The van der Waals surface area contributed by atoms with E-state index < -0.39 is 5.82 Å². The summed E-state index contributed by atoms with van der Waals surface area (Å²) in [5.74, 6) is -0.0770. The van der Waals surface area contributed by atoms with E-state index >= 15 is 0 Å². The average molecular weight is 376 g/mol. The minimum Gasteiger partial charge on any atom is -0.354 e. The number of likely N-dealkylation sites (tertiary alicyclic amines) is 1. The first-order valence-corrected chi connectivity index (χ1v) is 9.89. The first-order valence-electron chi connectivity index (χ1n) is 9.89. The molecular weight excluding hydrogens is 347 g/mol. The quantitative estimate of drug-likeness (QED) is 0.678. The van der Waals surface area contributed by atoms with Gasteiger partial charge in [0, 0.05) is 26.1 Å². The van der Waals surface area contributed by atoms with Gasteiger partial charge in [0.15, 0.2) is 0 Å². The summed E-state index contributed by atoms with van der Waals surface area (Å²) in [7, 11) is 0. The Morgan fingerprint density at radius 3 is 2.85 bits per heavy atom. The maximum absolute atomic E-state index is 13.6. The third-order valence-electron chi connectivity index (χ3n) is 5.35. The number of nitrogens with zero attached hydrogens (tertiary/aromatic N) is 1. The second-order valence-electron chi connectivity index (χ2n) is 7.48. The van der Waals surface area contributed by atoms with Crippen molar-refractivity contribution in [1.82, 2.24) is 15.5 Å². The Morgan fingerprint density at radius 1 is 1.22 bits per heavy atom. The van der Waals surface area contributed by atoms with Gasteiger partial charge < -0.3 is 20.9 Å². The zero-order valence-corrected chi connectivity index (χ0v) is 15.7. The minimum absolute atomic E-state index is 0.0354. The van der Waals surface area contributed by atoms with Gasteiger partial charge in [-0.1, -0.05) is 12.1 Å². The number of anilines is 1. The monoisotopic (exact) mass is 376 g/mol. The highest BCUT2D eigenvalue weighted by Crippen LogP contribution is 2.17. The van der Waals surface area contributed by atoms with Crippen molar-refractivity contribution < 1.29 is 14.0 Å². The van der Waals surface area contributed by atoms with Crippen molar-refractivity contribution in [3.8, 4) is 0 Å². The first kappa shape index (κ1) is 19.8. The molecule has 0 spiro atoms. The molecule has 2 aliphatic heterocycles. The lowest BCUT2D eigenvalue weighted by atomic mass is 9.97. The lowest BCUT2D eigenvalue weighted by molar-refractivity contribution is -0.123. The third kappa shape index (κ3) is 6.01. The summed E-state index contributed by atoms with van der Waals surface area (Å²) in [6.45, 7) is 4.10. The predicted molar refractivity (Wildman–Crippen MR) is 103 cm³/mol. The van der Waals surface area contributed by atoms with E-state index in [-0.39, 0.29) is 23.5 Å². The Morgan fingerprint density at radius 2 is 2.07 bits per heavy atom. The van der Waals surface area contributed by atoms with Crippen LogP contribution in [0.3, 0.4) is 0 Å². The van der Waals surface area contributed by atoms with E-state index in [9.17, 15) is 14.0 Å². The van der Waals surface area contributed by atoms with Crippen LogP contribution >= 0.6 is 0 Å². The zero-order valence-electron chi connectivity index (χ0n) is 15.7. The van der Waals surface area contributed by atoms with Crippen LogP contribution in [0, 0.1) is 11.7 Å². The smallest absolute Gasteiger partial charge is 0.237 e. The summed E-state index contributed by atoms with van der Waals surface area (Å²) < 4.78 is 13.6. The number of carbonyl (C=O) groups excluding carboxylic acids is 2. The third-order valence-corrected chi connectivity index (χ3v) is 5.35. The van der Waals surface area contributed by atoms with E-state index in [0.29, 0.717) is 25.4 Å². The number of hydrogen-bond donors (Lipinski definition) is 3. The van der Waals surface area contributed by atoms with Crippen LogP contribution in [0.2, 0.25) is 0 Å². The second-order valence-corrected chi connectivity index (χ2v) is 7.48. The maximum atomic E-state index is 13.6. The molecule has 0 aliphatic carbocycles. The van der Waals surface area contributed by atoms with E-state index in [4.69, 9.17) is 0 Å². The van der Waals surface area contributed by atoms with Crippen LogP contribution < -0.4 is 16.0 Å². The predicted octanol–water partition coefficient (Wildman–Crippen LogP) is 1.73. The van der Waals surface area contributed by atoms with E-state index in [0.717, 1.165) is 45.3 Å². The average Bonchev–Trinajstić information content (AvgIpc) is 3.22. The molecule has 3 rings (SSSR count). The highest BCUT2D eigenvalue weighted by Gasteiger charge is 2.24. The van der Waals surface area contributed by atoms with Crippen molar-refractivity contribution in [2.75, 3.05) is 38.0 Å². The molecule has 0 bridgehead atoms. The molecule has 2 fully saturated rings. The number of hydrogen-bond acceptors (Lipinski definition) is 4. The topological polar surface area (TPSA) is 73.5 Å². The van der Waals surface area contributed by atoms with Crippen molar-refractivity contribution in [3.63, 3.8) is 0 Å². The number of benzene rings is 1. The van der Waals surface area contributed by atoms with Crippen LogP contribution in [0.1, 0.15) is 32.1 Å². The molecule has 0 aromatic heterocycles. The van der Waals surface area contributed by atoms with Gasteiger partial charge in [0.05, 0.1) is 11.7 Å². The number of piperidine rings is 1. The van der Waals surface area contributed by atoms with Gasteiger partial charge in [-0.15, -0.1) is 0 Å². The number of nitrogens with one attached hydrogen (secondary N) is 3. The Bertz CT molecular complexity index is 649. The molecule has 3 N–H and O–H groups in total. The SMILES string of the molecule is O=C(CCN1CCCC(CNC(=O)C2CCCN2)C1)Nc1ccccc1F. The minimum atomic E-state index is -0.420. The second kappa shape index (κ2) is 9.80. The molecule has 6 nitrogen and oxygen atoms in total. The van der Waals surface area contributed by atoms with E-state index in [1.54, 1.807) is 18.2 Å². The van der Waals surface area contributed by atoms with Crippen molar-refractivity contribution in [2.45, 2.75) is 38.1 Å². The Labute approximate surface area is 159 Å². The number of carbonyl (C=O) groups is 2. The summed E-state index contributed by atoms with van der Waals surface area (Å²) in [4.78, 5) is 26.5. The van der Waals surface area contributed by atoms with Gasteiger partial charge in [-0.3, -0.25) is 9.59 Å². The van der Waals surface area contributed by atoms with Crippen molar-refractivity contribution >= 4 is 17.5 Å². The maximum Gasteiger partial charge on any atom is 0.237 e. The van der Waals surface area contributed by atoms with E-state index in [1.807, 2.05) is 0 Å². The molecule has 2 amide bonds. The van der Waals surface area contributed by atoms with E-state index in [1.165, 1.54) is 6.07 Å². The molecule has 2 unspecified atom stereocenters. The fourth-order valence-electron chi connectivity index (χ4n) is 3.83. The molecule has 27 heavy (non-hydrogen) atoms. The van der Waals surface area contributed by atoms with Gasteiger partial charge >= 0.3 is 0 Å². The Balaban J connectivity index is 1.37. The molecule has 2 saturated heterocycles. The van der Waals surface area contributed by atoms with Gasteiger partial charge in [0.2, 0.25) is 11.8 Å². The summed E-state index contributed by atoms with van der Waals surface area (Å²) >= 11 is 0. The standard InChI is InChI=1S/C20H29FN4O2/c21-16-6-1-2-7-17(16)24-19(26)9-12-25-11-4-5-15(14-25)13-23-20(27)18-8-3-10-22-18/h1-2,6-7,15,18,22H,3-5,8-14H2,(H,23,27)(H,24,26).